The van der Waals surface area contributed by atoms with Gasteiger partial charge >= 0.3 is 6.47 Å². The van der Waals surface area contributed by atoms with Crippen LogP contribution in [0.4, 0.5) is 0 Å². The van der Waals surface area contributed by atoms with Gasteiger partial charge in [-0.2, -0.15) is 0 Å². The monoisotopic (exact) mass is 263 g/mol. The summed E-state index contributed by atoms with van der Waals surface area (Å²) in [6.45, 7) is 1.43. The Morgan fingerprint density at radius 1 is 1.27 bits per heavy atom. The minimum Gasteiger partial charge on any atom is -0.453 e. The van der Waals surface area contributed by atoms with Gasteiger partial charge in [-0.15, -0.1) is 0 Å². The van der Waals surface area contributed by atoms with Crippen molar-refractivity contribution in [3.63, 3.8) is 0 Å². The zero-order chi connectivity index (χ0) is 11.3. The number of hydrogen-bond acceptors (Lipinski definition) is 2. The van der Waals surface area contributed by atoms with Crippen molar-refractivity contribution in [2.24, 2.45) is 0 Å². The Balaban J connectivity index is 2.85. The van der Waals surface area contributed by atoms with Crippen LogP contribution in [0.5, 0.6) is 0 Å². The smallest absolute Gasteiger partial charge is 0.417 e. The van der Waals surface area contributed by atoms with E-state index in [-0.39, 0.29) is 6.61 Å². The van der Waals surface area contributed by atoms with Gasteiger partial charge in [-0.1, -0.05) is 40.9 Å². The largest absolute Gasteiger partial charge is 0.453 e. The molecular formula is C10H6Cl3O2. The Morgan fingerprint density at radius 2 is 1.87 bits per heavy atom. The molecule has 0 aliphatic carbocycles. The van der Waals surface area contributed by atoms with Gasteiger partial charge in [0.1, 0.15) is 6.61 Å². The standard InChI is InChI=1S/C10H6Cl3O2/c11-7-4-9(12)8(10(13)5-7)2-1-3-15-6-14/h1-2,4-5H,3H2. The molecule has 0 amide bonds. The molecule has 79 valence electrons. The summed E-state index contributed by atoms with van der Waals surface area (Å²) in [5, 5.41) is 1.36. The molecule has 0 atom stereocenters. The summed E-state index contributed by atoms with van der Waals surface area (Å²) in [5.74, 6) is 0. The summed E-state index contributed by atoms with van der Waals surface area (Å²) in [6.07, 6.45) is 3.25. The molecule has 0 aromatic heterocycles. The maximum Gasteiger partial charge on any atom is 0.417 e. The Bertz CT molecular complexity index is 365. The third kappa shape index (κ3) is 3.74. The first-order chi connectivity index (χ1) is 7.15. The van der Waals surface area contributed by atoms with E-state index in [1.165, 1.54) is 6.47 Å². The molecule has 2 nitrogen and oxygen atoms in total. The fourth-order valence-electron chi connectivity index (χ4n) is 0.961. The highest BCUT2D eigenvalue weighted by Gasteiger charge is 2.04. The maximum atomic E-state index is 9.74. The zero-order valence-corrected chi connectivity index (χ0v) is 9.73. The number of halogens is 3. The summed E-state index contributed by atoms with van der Waals surface area (Å²) in [6, 6.07) is 3.17. The highest BCUT2D eigenvalue weighted by Crippen LogP contribution is 2.29. The summed E-state index contributed by atoms with van der Waals surface area (Å²) >= 11 is 17.6. The van der Waals surface area contributed by atoms with E-state index in [0.717, 1.165) is 0 Å². The van der Waals surface area contributed by atoms with E-state index in [2.05, 4.69) is 4.74 Å². The van der Waals surface area contributed by atoms with Crippen molar-refractivity contribution in [2.75, 3.05) is 6.61 Å². The highest BCUT2D eigenvalue weighted by atomic mass is 35.5. The molecule has 1 aromatic rings. The number of ether oxygens (including phenoxy) is 1. The molecule has 1 aromatic carbocycles. The van der Waals surface area contributed by atoms with Crippen molar-refractivity contribution in [2.45, 2.75) is 0 Å². The quantitative estimate of drug-likeness (QED) is 0.774. The number of carbonyl (C=O) groups excluding carboxylic acids is 1. The van der Waals surface area contributed by atoms with E-state index in [1.807, 2.05) is 0 Å². The van der Waals surface area contributed by atoms with E-state index in [0.29, 0.717) is 20.6 Å². The fraction of sp³-hybridized carbons (Fsp3) is 0.100. The predicted octanol–water partition coefficient (Wildman–Crippen LogP) is 3.74. The van der Waals surface area contributed by atoms with Gasteiger partial charge in [0.2, 0.25) is 0 Å². The molecular weight excluding hydrogens is 258 g/mol. The predicted molar refractivity (Wildman–Crippen MR) is 62.2 cm³/mol. The van der Waals surface area contributed by atoms with Crippen LogP contribution in [-0.4, -0.2) is 13.1 Å². The lowest BCUT2D eigenvalue weighted by atomic mass is 10.2. The normalized spacial score (nSPS) is 10.6. The van der Waals surface area contributed by atoms with E-state index < -0.39 is 0 Å². The summed E-state index contributed by atoms with van der Waals surface area (Å²) in [4.78, 5) is 9.74. The van der Waals surface area contributed by atoms with Crippen LogP contribution in [-0.2, 0) is 9.53 Å². The molecule has 1 rings (SSSR count). The van der Waals surface area contributed by atoms with Crippen molar-refractivity contribution in [3.05, 3.63) is 38.8 Å². The van der Waals surface area contributed by atoms with Crippen LogP contribution >= 0.6 is 34.8 Å². The third-order valence-corrected chi connectivity index (χ3v) is 2.41. The molecule has 0 saturated heterocycles. The van der Waals surface area contributed by atoms with Crippen LogP contribution in [0.25, 0.3) is 6.08 Å². The minimum atomic E-state index is 0.124. The first-order valence-corrected chi connectivity index (χ1v) is 5.08. The van der Waals surface area contributed by atoms with Crippen LogP contribution < -0.4 is 0 Å². The van der Waals surface area contributed by atoms with Crippen molar-refractivity contribution in [3.8, 4) is 0 Å². The van der Waals surface area contributed by atoms with Crippen LogP contribution in [0.15, 0.2) is 18.2 Å². The molecule has 5 heteroatoms. The maximum absolute atomic E-state index is 9.74. The van der Waals surface area contributed by atoms with Gasteiger partial charge in [-0.05, 0) is 18.2 Å². The molecule has 0 saturated carbocycles. The van der Waals surface area contributed by atoms with Crippen molar-refractivity contribution < 1.29 is 9.53 Å². The molecule has 0 aliphatic rings. The first-order valence-electron chi connectivity index (χ1n) is 3.95. The molecule has 0 N–H and O–H groups in total. The van der Waals surface area contributed by atoms with Gasteiger partial charge in [0.05, 0.1) is 10.0 Å². The van der Waals surface area contributed by atoms with Crippen molar-refractivity contribution >= 4 is 47.4 Å². The molecule has 0 fully saturated rings. The van der Waals surface area contributed by atoms with E-state index >= 15 is 0 Å². The van der Waals surface area contributed by atoms with Gasteiger partial charge in [-0.3, -0.25) is 0 Å². The van der Waals surface area contributed by atoms with E-state index in [1.54, 1.807) is 24.3 Å². The van der Waals surface area contributed by atoms with Gasteiger partial charge in [0.25, 0.3) is 0 Å². The van der Waals surface area contributed by atoms with E-state index in [4.69, 9.17) is 34.8 Å². The zero-order valence-electron chi connectivity index (χ0n) is 7.47. The number of hydrogen-bond donors (Lipinski definition) is 0. The molecule has 0 unspecified atom stereocenters. The lowest BCUT2D eigenvalue weighted by molar-refractivity contribution is 0.314. The first kappa shape index (κ1) is 12.4. The summed E-state index contributed by atoms with van der Waals surface area (Å²) in [5.41, 5.74) is 0.636. The second-order valence-electron chi connectivity index (χ2n) is 2.58. The Morgan fingerprint density at radius 3 is 2.40 bits per heavy atom. The van der Waals surface area contributed by atoms with Gasteiger partial charge in [0.15, 0.2) is 0 Å². The molecule has 0 bridgehead atoms. The summed E-state index contributed by atoms with van der Waals surface area (Å²) in [7, 11) is 0. The fourth-order valence-corrected chi connectivity index (χ4v) is 1.90. The van der Waals surface area contributed by atoms with E-state index in [9.17, 15) is 4.79 Å². The second kappa shape index (κ2) is 6.01. The number of rotatable bonds is 4. The molecule has 1 radical (unpaired) electrons. The second-order valence-corrected chi connectivity index (χ2v) is 3.83. The Kier molecular flexibility index (Phi) is 4.95. The molecule has 15 heavy (non-hydrogen) atoms. The highest BCUT2D eigenvalue weighted by molar-refractivity contribution is 6.40. The van der Waals surface area contributed by atoms with Gasteiger partial charge in [0, 0.05) is 10.6 Å². The Labute approximate surface area is 102 Å². The Hall–Kier alpha value is -0.700. The van der Waals surface area contributed by atoms with Gasteiger partial charge < -0.3 is 4.74 Å². The lowest BCUT2D eigenvalue weighted by Gasteiger charge is -2.02. The molecule has 0 spiro atoms. The van der Waals surface area contributed by atoms with Crippen molar-refractivity contribution in [1.29, 1.82) is 0 Å². The average molecular weight is 265 g/mol. The number of benzene rings is 1. The third-order valence-electron chi connectivity index (χ3n) is 1.57. The van der Waals surface area contributed by atoms with Crippen LogP contribution in [0.1, 0.15) is 5.56 Å². The summed E-state index contributed by atoms with van der Waals surface area (Å²) < 4.78 is 4.35. The van der Waals surface area contributed by atoms with Crippen LogP contribution in [0.2, 0.25) is 15.1 Å². The molecule has 0 heterocycles. The van der Waals surface area contributed by atoms with Crippen LogP contribution in [0, 0.1) is 0 Å². The van der Waals surface area contributed by atoms with Gasteiger partial charge in [-0.25, -0.2) is 4.79 Å². The topological polar surface area (TPSA) is 26.3 Å². The molecule has 0 aliphatic heterocycles. The average Bonchev–Trinajstić information content (AvgIpc) is 2.15. The van der Waals surface area contributed by atoms with Crippen LogP contribution in [0.3, 0.4) is 0 Å². The van der Waals surface area contributed by atoms with Crippen molar-refractivity contribution in [1.82, 2.24) is 0 Å². The minimum absolute atomic E-state index is 0.124. The lowest BCUT2D eigenvalue weighted by Crippen LogP contribution is -1.86. The SMILES string of the molecule is O=[C]OCC=Cc1c(Cl)cc(Cl)cc1Cl.